The van der Waals surface area contributed by atoms with E-state index in [1.165, 1.54) is 0 Å². The standard InChI is InChI=1S/C12H17IN2O/c13-11-6-9(14)2-4-12(11)15-7-8-1-3-10(16)5-8/h2,4,6,8,10,15-16H,1,3,5,7,14H2. The summed E-state index contributed by atoms with van der Waals surface area (Å²) >= 11 is 2.28. The second kappa shape index (κ2) is 5.23. The third kappa shape index (κ3) is 3.01. The van der Waals surface area contributed by atoms with Crippen LogP contribution in [0.4, 0.5) is 11.4 Å². The summed E-state index contributed by atoms with van der Waals surface area (Å²) in [6, 6.07) is 5.89. The van der Waals surface area contributed by atoms with Crippen LogP contribution in [0.25, 0.3) is 0 Å². The molecule has 1 aliphatic rings. The minimum atomic E-state index is -0.0858. The molecule has 4 N–H and O–H groups in total. The molecule has 0 radical (unpaired) electrons. The number of nitrogens with two attached hydrogens (primary N) is 1. The largest absolute Gasteiger partial charge is 0.399 e. The lowest BCUT2D eigenvalue weighted by Gasteiger charge is -2.13. The van der Waals surface area contributed by atoms with E-state index in [-0.39, 0.29) is 6.10 Å². The van der Waals surface area contributed by atoms with Crippen molar-refractivity contribution in [1.82, 2.24) is 0 Å². The number of aliphatic hydroxyl groups excluding tert-OH is 1. The summed E-state index contributed by atoms with van der Waals surface area (Å²) < 4.78 is 1.15. The molecule has 1 fully saturated rings. The highest BCUT2D eigenvalue weighted by Gasteiger charge is 2.22. The Balaban J connectivity index is 1.89. The summed E-state index contributed by atoms with van der Waals surface area (Å²) in [5.74, 6) is 0.600. The van der Waals surface area contributed by atoms with Gasteiger partial charge in [0.25, 0.3) is 0 Å². The molecule has 88 valence electrons. The molecule has 1 aromatic rings. The van der Waals surface area contributed by atoms with Gasteiger partial charge in [-0.2, -0.15) is 0 Å². The van der Waals surface area contributed by atoms with Crippen LogP contribution in [0, 0.1) is 9.49 Å². The maximum atomic E-state index is 9.44. The molecule has 2 atom stereocenters. The Morgan fingerprint density at radius 2 is 2.25 bits per heavy atom. The highest BCUT2D eigenvalue weighted by molar-refractivity contribution is 14.1. The quantitative estimate of drug-likeness (QED) is 0.589. The molecule has 0 spiro atoms. The molecule has 1 aromatic carbocycles. The summed E-state index contributed by atoms with van der Waals surface area (Å²) in [4.78, 5) is 0. The third-order valence-electron chi connectivity index (χ3n) is 3.09. The van der Waals surface area contributed by atoms with Crippen LogP contribution >= 0.6 is 22.6 Å². The minimum Gasteiger partial charge on any atom is -0.399 e. The smallest absolute Gasteiger partial charge is 0.0543 e. The number of aliphatic hydroxyl groups is 1. The first-order valence-electron chi connectivity index (χ1n) is 5.62. The molecule has 1 aliphatic carbocycles. The number of hydrogen-bond acceptors (Lipinski definition) is 3. The van der Waals surface area contributed by atoms with Gasteiger partial charge < -0.3 is 16.2 Å². The monoisotopic (exact) mass is 332 g/mol. The Morgan fingerprint density at radius 3 is 2.88 bits per heavy atom. The fraction of sp³-hybridized carbons (Fsp3) is 0.500. The molecule has 0 heterocycles. The molecule has 1 saturated carbocycles. The fourth-order valence-electron chi connectivity index (χ4n) is 2.16. The lowest BCUT2D eigenvalue weighted by molar-refractivity contribution is 0.178. The van der Waals surface area contributed by atoms with Crippen molar-refractivity contribution in [2.75, 3.05) is 17.6 Å². The molecule has 0 aromatic heterocycles. The van der Waals surface area contributed by atoms with E-state index in [4.69, 9.17) is 5.73 Å². The van der Waals surface area contributed by atoms with E-state index >= 15 is 0 Å². The molecule has 2 rings (SSSR count). The molecule has 0 bridgehead atoms. The third-order valence-corrected chi connectivity index (χ3v) is 3.98. The van der Waals surface area contributed by atoms with Crippen LogP contribution in [0.15, 0.2) is 18.2 Å². The van der Waals surface area contributed by atoms with E-state index in [1.54, 1.807) is 0 Å². The van der Waals surface area contributed by atoms with E-state index in [2.05, 4.69) is 27.9 Å². The van der Waals surface area contributed by atoms with Gasteiger partial charge in [-0.25, -0.2) is 0 Å². The van der Waals surface area contributed by atoms with Crippen LogP contribution in [-0.2, 0) is 0 Å². The zero-order valence-corrected chi connectivity index (χ0v) is 11.3. The SMILES string of the molecule is Nc1ccc(NCC2CCC(O)C2)c(I)c1. The summed E-state index contributed by atoms with van der Waals surface area (Å²) in [5.41, 5.74) is 7.63. The zero-order valence-electron chi connectivity index (χ0n) is 9.12. The Morgan fingerprint density at radius 1 is 1.44 bits per heavy atom. The molecule has 2 unspecified atom stereocenters. The maximum absolute atomic E-state index is 9.44. The van der Waals surface area contributed by atoms with Gasteiger partial charge in [-0.15, -0.1) is 0 Å². The van der Waals surface area contributed by atoms with Crippen LogP contribution < -0.4 is 11.1 Å². The number of halogens is 1. The van der Waals surface area contributed by atoms with Crippen LogP contribution in [0.2, 0.25) is 0 Å². The first-order valence-corrected chi connectivity index (χ1v) is 6.70. The Kier molecular flexibility index (Phi) is 3.91. The molecule has 0 saturated heterocycles. The van der Waals surface area contributed by atoms with E-state index in [0.29, 0.717) is 5.92 Å². The molecular weight excluding hydrogens is 315 g/mol. The second-order valence-electron chi connectivity index (χ2n) is 4.45. The summed E-state index contributed by atoms with van der Waals surface area (Å²) in [6.07, 6.45) is 2.92. The average molecular weight is 332 g/mol. The van der Waals surface area contributed by atoms with Crippen LogP contribution in [-0.4, -0.2) is 17.8 Å². The summed E-state index contributed by atoms with van der Waals surface area (Å²) in [6.45, 7) is 0.941. The topological polar surface area (TPSA) is 58.3 Å². The van der Waals surface area contributed by atoms with E-state index < -0.39 is 0 Å². The van der Waals surface area contributed by atoms with Crippen molar-refractivity contribution in [3.8, 4) is 0 Å². The molecule has 0 amide bonds. The van der Waals surface area contributed by atoms with Crippen molar-refractivity contribution in [3.05, 3.63) is 21.8 Å². The van der Waals surface area contributed by atoms with Crippen LogP contribution in [0.3, 0.4) is 0 Å². The van der Waals surface area contributed by atoms with Gasteiger partial charge in [0.2, 0.25) is 0 Å². The van der Waals surface area contributed by atoms with Crippen molar-refractivity contribution in [1.29, 1.82) is 0 Å². The van der Waals surface area contributed by atoms with Gasteiger partial charge >= 0.3 is 0 Å². The van der Waals surface area contributed by atoms with Crippen LogP contribution in [0.5, 0.6) is 0 Å². The Labute approximate surface area is 110 Å². The van der Waals surface area contributed by atoms with Gasteiger partial charge in [0.05, 0.1) is 6.10 Å². The molecule has 4 heteroatoms. The summed E-state index contributed by atoms with van der Waals surface area (Å²) in [7, 11) is 0. The van der Waals surface area contributed by atoms with Gasteiger partial charge in [0, 0.05) is 21.5 Å². The number of benzene rings is 1. The number of hydrogen-bond donors (Lipinski definition) is 3. The van der Waals surface area contributed by atoms with Gasteiger partial charge in [-0.1, -0.05) is 0 Å². The first kappa shape index (κ1) is 12.0. The predicted octanol–water partition coefficient (Wildman–Crippen LogP) is 2.45. The van der Waals surface area contributed by atoms with E-state index in [1.807, 2.05) is 18.2 Å². The molecule has 3 nitrogen and oxygen atoms in total. The molecule has 0 aliphatic heterocycles. The molecule has 16 heavy (non-hydrogen) atoms. The van der Waals surface area contributed by atoms with Crippen molar-refractivity contribution < 1.29 is 5.11 Å². The number of nitrogen functional groups attached to an aromatic ring is 1. The van der Waals surface area contributed by atoms with Gasteiger partial charge in [0.1, 0.15) is 0 Å². The minimum absolute atomic E-state index is 0.0858. The van der Waals surface area contributed by atoms with Crippen molar-refractivity contribution in [2.24, 2.45) is 5.92 Å². The van der Waals surface area contributed by atoms with E-state index in [9.17, 15) is 5.11 Å². The highest BCUT2D eigenvalue weighted by Crippen LogP contribution is 2.27. The second-order valence-corrected chi connectivity index (χ2v) is 5.62. The average Bonchev–Trinajstić information content (AvgIpc) is 2.63. The lowest BCUT2D eigenvalue weighted by atomic mass is 10.1. The number of nitrogens with one attached hydrogen (secondary N) is 1. The van der Waals surface area contributed by atoms with Gasteiger partial charge in [-0.3, -0.25) is 0 Å². The normalized spacial score (nSPS) is 24.6. The Hall–Kier alpha value is -0.490. The highest BCUT2D eigenvalue weighted by atomic mass is 127. The predicted molar refractivity (Wildman–Crippen MR) is 75.4 cm³/mol. The van der Waals surface area contributed by atoms with Crippen molar-refractivity contribution >= 4 is 34.0 Å². The number of rotatable bonds is 3. The van der Waals surface area contributed by atoms with Crippen molar-refractivity contribution in [3.63, 3.8) is 0 Å². The molecular formula is C12H17IN2O. The fourth-order valence-corrected chi connectivity index (χ4v) is 2.89. The van der Waals surface area contributed by atoms with Crippen LogP contribution in [0.1, 0.15) is 19.3 Å². The zero-order chi connectivity index (χ0) is 11.5. The van der Waals surface area contributed by atoms with Gasteiger partial charge in [-0.05, 0) is 66.0 Å². The number of anilines is 2. The van der Waals surface area contributed by atoms with Crippen molar-refractivity contribution in [2.45, 2.75) is 25.4 Å². The maximum Gasteiger partial charge on any atom is 0.0543 e. The van der Waals surface area contributed by atoms with E-state index in [0.717, 1.165) is 40.8 Å². The Bertz CT molecular complexity index is 370. The first-order chi connectivity index (χ1) is 7.65. The van der Waals surface area contributed by atoms with Gasteiger partial charge in [0.15, 0.2) is 0 Å². The summed E-state index contributed by atoms with van der Waals surface area (Å²) in [5, 5.41) is 12.9. The lowest BCUT2D eigenvalue weighted by Crippen LogP contribution is -2.13.